The Morgan fingerprint density at radius 1 is 1.29 bits per heavy atom. The molecule has 0 unspecified atom stereocenters. The van der Waals surface area contributed by atoms with Crippen molar-refractivity contribution in [1.82, 2.24) is 9.97 Å². The number of hydrogen-bond acceptors (Lipinski definition) is 4. The second-order valence-electron chi connectivity index (χ2n) is 3.46. The standard InChI is InChI=1S/C12H12ClN3O/c1-8-7-15-12(14-2)16-11(8)17-10-6-4-3-5-9(10)13/h3-7H,1-2H3,(H,14,15,16). The monoisotopic (exact) mass is 249 g/mol. The van der Waals surface area contributed by atoms with Gasteiger partial charge in [-0.2, -0.15) is 4.98 Å². The SMILES string of the molecule is CNc1ncc(C)c(Oc2ccccc2Cl)n1. The number of hydrogen-bond donors (Lipinski definition) is 1. The number of nitrogens with zero attached hydrogens (tertiary/aromatic N) is 2. The van der Waals surface area contributed by atoms with Gasteiger partial charge < -0.3 is 10.1 Å². The molecule has 0 spiro atoms. The maximum absolute atomic E-state index is 6.02. The molecular formula is C12H12ClN3O. The first-order valence-corrected chi connectivity index (χ1v) is 5.52. The van der Waals surface area contributed by atoms with Crippen molar-refractivity contribution in [2.45, 2.75) is 6.92 Å². The van der Waals surface area contributed by atoms with E-state index in [1.54, 1.807) is 25.4 Å². The number of benzene rings is 1. The van der Waals surface area contributed by atoms with Gasteiger partial charge in [0, 0.05) is 18.8 Å². The lowest BCUT2D eigenvalue weighted by Gasteiger charge is -2.09. The topological polar surface area (TPSA) is 47.0 Å². The van der Waals surface area contributed by atoms with E-state index >= 15 is 0 Å². The molecule has 0 atom stereocenters. The summed E-state index contributed by atoms with van der Waals surface area (Å²) in [6, 6.07) is 7.27. The molecule has 0 saturated heterocycles. The fourth-order valence-corrected chi connectivity index (χ4v) is 1.46. The van der Waals surface area contributed by atoms with Gasteiger partial charge in [-0.15, -0.1) is 0 Å². The van der Waals surface area contributed by atoms with E-state index in [2.05, 4.69) is 15.3 Å². The highest BCUT2D eigenvalue weighted by atomic mass is 35.5. The van der Waals surface area contributed by atoms with Crippen molar-refractivity contribution in [2.24, 2.45) is 0 Å². The van der Waals surface area contributed by atoms with Crippen LogP contribution in [0.1, 0.15) is 5.56 Å². The van der Waals surface area contributed by atoms with E-state index in [0.717, 1.165) is 5.56 Å². The van der Waals surface area contributed by atoms with Crippen molar-refractivity contribution in [1.29, 1.82) is 0 Å². The Morgan fingerprint density at radius 3 is 2.76 bits per heavy atom. The molecule has 0 radical (unpaired) electrons. The molecule has 88 valence electrons. The van der Waals surface area contributed by atoms with E-state index in [9.17, 15) is 0 Å². The van der Waals surface area contributed by atoms with Crippen LogP contribution in [0, 0.1) is 6.92 Å². The van der Waals surface area contributed by atoms with Crippen LogP contribution >= 0.6 is 11.6 Å². The Hall–Kier alpha value is -1.81. The molecule has 1 aromatic heterocycles. The van der Waals surface area contributed by atoms with Gasteiger partial charge in [-0.3, -0.25) is 0 Å². The fraction of sp³-hybridized carbons (Fsp3) is 0.167. The minimum atomic E-state index is 0.498. The summed E-state index contributed by atoms with van der Waals surface area (Å²) in [6.45, 7) is 1.88. The molecule has 4 nitrogen and oxygen atoms in total. The van der Waals surface area contributed by atoms with Gasteiger partial charge in [0.25, 0.3) is 0 Å². The Morgan fingerprint density at radius 2 is 2.06 bits per heavy atom. The summed E-state index contributed by atoms with van der Waals surface area (Å²) in [5, 5.41) is 3.41. The quantitative estimate of drug-likeness (QED) is 0.907. The summed E-state index contributed by atoms with van der Waals surface area (Å²) in [5.74, 6) is 1.59. The van der Waals surface area contributed by atoms with Gasteiger partial charge in [-0.1, -0.05) is 23.7 Å². The first-order chi connectivity index (χ1) is 8.20. The van der Waals surface area contributed by atoms with Gasteiger partial charge in [0.15, 0.2) is 0 Å². The van der Waals surface area contributed by atoms with Crippen LogP contribution in [0.2, 0.25) is 5.02 Å². The number of aryl methyl sites for hydroxylation is 1. The second-order valence-corrected chi connectivity index (χ2v) is 3.87. The molecule has 0 bridgehead atoms. The lowest BCUT2D eigenvalue weighted by Crippen LogP contribution is -1.99. The largest absolute Gasteiger partial charge is 0.437 e. The highest BCUT2D eigenvalue weighted by Crippen LogP contribution is 2.29. The van der Waals surface area contributed by atoms with Crippen LogP contribution < -0.4 is 10.1 Å². The van der Waals surface area contributed by atoms with E-state index in [1.165, 1.54) is 0 Å². The summed E-state index contributed by atoms with van der Waals surface area (Å²) in [4.78, 5) is 8.31. The van der Waals surface area contributed by atoms with E-state index in [1.807, 2.05) is 19.1 Å². The lowest BCUT2D eigenvalue weighted by molar-refractivity contribution is 0.458. The van der Waals surface area contributed by atoms with Gasteiger partial charge in [0.1, 0.15) is 5.75 Å². The van der Waals surface area contributed by atoms with Crippen LogP contribution in [0.5, 0.6) is 11.6 Å². The van der Waals surface area contributed by atoms with E-state index in [0.29, 0.717) is 22.6 Å². The van der Waals surface area contributed by atoms with E-state index in [-0.39, 0.29) is 0 Å². The third-order valence-corrected chi connectivity index (χ3v) is 2.50. The average Bonchev–Trinajstić information content (AvgIpc) is 2.35. The highest BCUT2D eigenvalue weighted by Gasteiger charge is 2.07. The first-order valence-electron chi connectivity index (χ1n) is 5.14. The van der Waals surface area contributed by atoms with Gasteiger partial charge in [-0.25, -0.2) is 4.98 Å². The third kappa shape index (κ3) is 2.65. The zero-order valence-electron chi connectivity index (χ0n) is 9.57. The van der Waals surface area contributed by atoms with Crippen LogP contribution in [0.15, 0.2) is 30.5 Å². The molecule has 1 aromatic carbocycles. The minimum absolute atomic E-state index is 0.498. The minimum Gasteiger partial charge on any atom is -0.437 e. The van der Waals surface area contributed by atoms with Crippen molar-refractivity contribution >= 4 is 17.5 Å². The smallest absolute Gasteiger partial charge is 0.227 e. The van der Waals surface area contributed by atoms with Crippen LogP contribution in [0.3, 0.4) is 0 Å². The number of ether oxygens (including phenoxy) is 1. The molecule has 0 aliphatic rings. The van der Waals surface area contributed by atoms with Crippen molar-refractivity contribution in [2.75, 3.05) is 12.4 Å². The van der Waals surface area contributed by atoms with Crippen molar-refractivity contribution in [3.8, 4) is 11.6 Å². The predicted molar refractivity (Wildman–Crippen MR) is 67.8 cm³/mol. The molecule has 0 saturated carbocycles. The lowest BCUT2D eigenvalue weighted by atomic mass is 10.3. The average molecular weight is 250 g/mol. The summed E-state index contributed by atoms with van der Waals surface area (Å²) < 4.78 is 5.66. The molecule has 17 heavy (non-hydrogen) atoms. The number of rotatable bonds is 3. The van der Waals surface area contributed by atoms with Gasteiger partial charge in [0.2, 0.25) is 11.8 Å². The Labute approximate surface area is 105 Å². The maximum atomic E-state index is 6.02. The number of anilines is 1. The zero-order valence-corrected chi connectivity index (χ0v) is 10.3. The summed E-state index contributed by atoms with van der Waals surface area (Å²) >= 11 is 6.02. The predicted octanol–water partition coefficient (Wildman–Crippen LogP) is 3.27. The first kappa shape index (κ1) is 11.7. The van der Waals surface area contributed by atoms with Gasteiger partial charge in [0.05, 0.1) is 5.02 Å². The molecule has 5 heteroatoms. The molecule has 0 aliphatic carbocycles. The Kier molecular flexibility index (Phi) is 3.44. The van der Waals surface area contributed by atoms with E-state index in [4.69, 9.17) is 16.3 Å². The molecule has 0 amide bonds. The molecule has 1 N–H and O–H groups in total. The highest BCUT2D eigenvalue weighted by molar-refractivity contribution is 6.32. The van der Waals surface area contributed by atoms with Gasteiger partial charge in [-0.05, 0) is 19.1 Å². The molecule has 2 aromatic rings. The molecular weight excluding hydrogens is 238 g/mol. The number of aromatic nitrogens is 2. The van der Waals surface area contributed by atoms with E-state index < -0.39 is 0 Å². The molecule has 1 heterocycles. The maximum Gasteiger partial charge on any atom is 0.227 e. The molecule has 2 rings (SSSR count). The van der Waals surface area contributed by atoms with Crippen LogP contribution in [-0.4, -0.2) is 17.0 Å². The number of nitrogens with one attached hydrogen (secondary N) is 1. The number of para-hydroxylation sites is 1. The summed E-state index contributed by atoms with van der Waals surface area (Å²) in [5.41, 5.74) is 0.851. The summed E-state index contributed by atoms with van der Waals surface area (Å²) in [6.07, 6.45) is 1.70. The van der Waals surface area contributed by atoms with Crippen LogP contribution in [0.4, 0.5) is 5.95 Å². The van der Waals surface area contributed by atoms with Gasteiger partial charge >= 0.3 is 0 Å². The third-order valence-electron chi connectivity index (χ3n) is 2.19. The fourth-order valence-electron chi connectivity index (χ4n) is 1.28. The molecule has 0 aliphatic heterocycles. The Balaban J connectivity index is 2.32. The van der Waals surface area contributed by atoms with Crippen LogP contribution in [0.25, 0.3) is 0 Å². The Bertz CT molecular complexity index is 531. The zero-order chi connectivity index (χ0) is 12.3. The normalized spacial score (nSPS) is 10.1. The van der Waals surface area contributed by atoms with Crippen LogP contribution in [-0.2, 0) is 0 Å². The molecule has 0 fully saturated rings. The second kappa shape index (κ2) is 5.01. The summed E-state index contributed by atoms with van der Waals surface area (Å²) in [7, 11) is 1.75. The number of halogens is 1. The van der Waals surface area contributed by atoms with Crippen molar-refractivity contribution in [3.05, 3.63) is 41.0 Å². The van der Waals surface area contributed by atoms with Crippen molar-refractivity contribution < 1.29 is 4.74 Å². The van der Waals surface area contributed by atoms with Crippen molar-refractivity contribution in [3.63, 3.8) is 0 Å².